The van der Waals surface area contributed by atoms with Crippen LogP contribution >= 0.6 is 0 Å². The molecule has 0 spiro atoms. The van der Waals surface area contributed by atoms with Crippen LogP contribution in [0.15, 0.2) is 36.4 Å². The molecule has 1 fully saturated rings. The number of nitrogens with zero attached hydrogens (tertiary/aromatic N) is 4. The Morgan fingerprint density at radius 3 is 2.70 bits per heavy atom. The van der Waals surface area contributed by atoms with Gasteiger partial charge >= 0.3 is 0 Å². The summed E-state index contributed by atoms with van der Waals surface area (Å²) in [7, 11) is 0. The largest absolute Gasteiger partial charge is 0.311 e. The summed E-state index contributed by atoms with van der Waals surface area (Å²) in [6.07, 6.45) is 4.89. The maximum atomic E-state index is 4.86. The van der Waals surface area contributed by atoms with E-state index in [2.05, 4.69) is 56.2 Å². The number of benzene rings is 1. The van der Waals surface area contributed by atoms with Gasteiger partial charge in [-0.3, -0.25) is 9.58 Å². The fourth-order valence-electron chi connectivity index (χ4n) is 4.29. The van der Waals surface area contributed by atoms with Crippen molar-refractivity contribution in [3.05, 3.63) is 53.3 Å². The van der Waals surface area contributed by atoms with Crippen molar-refractivity contribution in [2.45, 2.75) is 45.3 Å². The van der Waals surface area contributed by atoms with Crippen LogP contribution in [-0.4, -0.2) is 58.8 Å². The Hall–Kier alpha value is -1.69. The first-order valence-electron chi connectivity index (χ1n) is 10.6. The topological polar surface area (TPSA) is 36.3 Å². The Bertz CT molecular complexity index is 672. The zero-order valence-electron chi connectivity index (χ0n) is 16.4. The molecule has 5 heteroatoms. The van der Waals surface area contributed by atoms with Gasteiger partial charge in [-0.15, -0.1) is 0 Å². The summed E-state index contributed by atoms with van der Waals surface area (Å²) in [5.74, 6) is 0. The highest BCUT2D eigenvalue weighted by molar-refractivity contribution is 5.14. The standard InChI is InChI=1S/C22H33N5/c1-2-7-20(8-3-1)9-4-11-25-12-6-13-26(16-15-25)19-21-17-22-18-23-10-5-14-27(22)24-21/h1-3,7-8,17,23H,4-6,9-16,18-19H2. The molecule has 27 heavy (non-hydrogen) atoms. The fraction of sp³-hybridized carbons (Fsp3) is 0.591. The SMILES string of the molecule is c1ccc(CCCN2CCCN(Cc3cc4n(n3)CCCNC4)CC2)cc1. The van der Waals surface area contributed by atoms with Crippen LogP contribution in [0.1, 0.15) is 36.2 Å². The maximum Gasteiger partial charge on any atom is 0.0768 e. The van der Waals surface area contributed by atoms with Crippen molar-refractivity contribution in [1.29, 1.82) is 0 Å². The molecule has 0 unspecified atom stereocenters. The van der Waals surface area contributed by atoms with Gasteiger partial charge < -0.3 is 10.2 Å². The van der Waals surface area contributed by atoms with Crippen molar-refractivity contribution in [2.24, 2.45) is 0 Å². The van der Waals surface area contributed by atoms with E-state index in [-0.39, 0.29) is 0 Å². The van der Waals surface area contributed by atoms with Crippen LogP contribution in [0.5, 0.6) is 0 Å². The molecule has 1 aromatic carbocycles. The van der Waals surface area contributed by atoms with E-state index in [4.69, 9.17) is 5.10 Å². The molecule has 1 N–H and O–H groups in total. The molecule has 5 nitrogen and oxygen atoms in total. The summed E-state index contributed by atoms with van der Waals surface area (Å²) in [4.78, 5) is 5.24. The van der Waals surface area contributed by atoms with Gasteiger partial charge in [-0.1, -0.05) is 30.3 Å². The van der Waals surface area contributed by atoms with E-state index in [1.807, 2.05) is 0 Å². The van der Waals surface area contributed by atoms with Crippen LogP contribution < -0.4 is 5.32 Å². The van der Waals surface area contributed by atoms with Crippen LogP contribution in [0.4, 0.5) is 0 Å². The lowest BCUT2D eigenvalue weighted by Gasteiger charge is -2.21. The van der Waals surface area contributed by atoms with E-state index >= 15 is 0 Å². The minimum absolute atomic E-state index is 0.961. The van der Waals surface area contributed by atoms with E-state index < -0.39 is 0 Å². The van der Waals surface area contributed by atoms with Crippen LogP contribution in [0, 0.1) is 0 Å². The normalized spacial score (nSPS) is 19.4. The van der Waals surface area contributed by atoms with Crippen LogP contribution in [0.2, 0.25) is 0 Å². The van der Waals surface area contributed by atoms with Crippen molar-refractivity contribution in [3.63, 3.8) is 0 Å². The second-order valence-corrected chi connectivity index (χ2v) is 7.94. The summed E-state index contributed by atoms with van der Waals surface area (Å²) in [5, 5.41) is 8.35. The monoisotopic (exact) mass is 367 g/mol. The molecule has 2 aliphatic heterocycles. The van der Waals surface area contributed by atoms with Crippen molar-refractivity contribution in [2.75, 3.05) is 39.3 Å². The third-order valence-corrected chi connectivity index (χ3v) is 5.79. The fourth-order valence-corrected chi connectivity index (χ4v) is 4.29. The Kier molecular flexibility index (Phi) is 6.56. The molecule has 1 aromatic heterocycles. The zero-order chi connectivity index (χ0) is 18.3. The summed E-state index contributed by atoms with van der Waals surface area (Å²) >= 11 is 0. The van der Waals surface area contributed by atoms with Gasteiger partial charge in [0, 0.05) is 32.7 Å². The zero-order valence-corrected chi connectivity index (χ0v) is 16.4. The van der Waals surface area contributed by atoms with Gasteiger partial charge in [-0.2, -0.15) is 5.10 Å². The summed E-state index contributed by atoms with van der Waals surface area (Å²) in [6, 6.07) is 13.2. The minimum Gasteiger partial charge on any atom is -0.311 e. The van der Waals surface area contributed by atoms with Gasteiger partial charge in [0.2, 0.25) is 0 Å². The Morgan fingerprint density at radius 1 is 0.926 bits per heavy atom. The van der Waals surface area contributed by atoms with Gasteiger partial charge in [-0.05, 0) is 63.5 Å². The predicted molar refractivity (Wildman–Crippen MR) is 110 cm³/mol. The molecule has 4 rings (SSSR count). The van der Waals surface area contributed by atoms with Gasteiger partial charge in [0.05, 0.1) is 11.4 Å². The molecule has 0 atom stereocenters. The van der Waals surface area contributed by atoms with E-state index in [1.54, 1.807) is 0 Å². The summed E-state index contributed by atoms with van der Waals surface area (Å²) < 4.78 is 2.21. The number of fused-ring (bicyclic) bond motifs is 1. The second kappa shape index (κ2) is 9.49. The van der Waals surface area contributed by atoms with Crippen molar-refractivity contribution < 1.29 is 0 Å². The summed E-state index contributed by atoms with van der Waals surface area (Å²) in [5.41, 5.74) is 4.05. The van der Waals surface area contributed by atoms with E-state index in [1.165, 1.54) is 68.8 Å². The Morgan fingerprint density at radius 2 is 1.78 bits per heavy atom. The molecule has 3 heterocycles. The third kappa shape index (κ3) is 5.41. The predicted octanol–water partition coefficient (Wildman–Crippen LogP) is 2.52. The van der Waals surface area contributed by atoms with Gasteiger partial charge in [0.25, 0.3) is 0 Å². The second-order valence-electron chi connectivity index (χ2n) is 7.94. The van der Waals surface area contributed by atoms with E-state index in [9.17, 15) is 0 Å². The Labute approximate surface area is 163 Å². The number of hydrogen-bond acceptors (Lipinski definition) is 4. The lowest BCUT2D eigenvalue weighted by Crippen LogP contribution is -2.31. The number of rotatable bonds is 6. The first-order chi connectivity index (χ1) is 13.4. The minimum atomic E-state index is 0.961. The molecule has 0 saturated carbocycles. The maximum absolute atomic E-state index is 4.86. The molecular formula is C22H33N5. The lowest BCUT2D eigenvalue weighted by atomic mass is 10.1. The number of aryl methyl sites for hydroxylation is 2. The van der Waals surface area contributed by atoms with Crippen LogP contribution in [-0.2, 0) is 26.1 Å². The molecule has 0 bridgehead atoms. The molecule has 0 amide bonds. The molecule has 2 aromatic rings. The van der Waals surface area contributed by atoms with E-state index in [0.29, 0.717) is 0 Å². The van der Waals surface area contributed by atoms with Crippen LogP contribution in [0.25, 0.3) is 0 Å². The number of aromatic nitrogens is 2. The van der Waals surface area contributed by atoms with Gasteiger partial charge in [-0.25, -0.2) is 0 Å². The van der Waals surface area contributed by atoms with Gasteiger partial charge in [0.1, 0.15) is 0 Å². The molecule has 146 valence electrons. The Balaban J connectivity index is 1.22. The highest BCUT2D eigenvalue weighted by atomic mass is 15.3. The van der Waals surface area contributed by atoms with Crippen LogP contribution in [0.3, 0.4) is 0 Å². The molecule has 2 aliphatic rings. The third-order valence-electron chi connectivity index (χ3n) is 5.79. The molecule has 0 radical (unpaired) electrons. The van der Waals surface area contributed by atoms with E-state index in [0.717, 1.165) is 32.7 Å². The lowest BCUT2D eigenvalue weighted by molar-refractivity contribution is 0.248. The average molecular weight is 368 g/mol. The first kappa shape index (κ1) is 18.7. The van der Waals surface area contributed by atoms with Crippen molar-refractivity contribution in [1.82, 2.24) is 24.9 Å². The average Bonchev–Trinajstić information content (AvgIpc) is 2.84. The number of nitrogens with one attached hydrogen (secondary N) is 1. The summed E-state index contributed by atoms with van der Waals surface area (Å²) in [6.45, 7) is 10.1. The quantitative estimate of drug-likeness (QED) is 0.851. The van der Waals surface area contributed by atoms with Gasteiger partial charge in [0.15, 0.2) is 0 Å². The molecule has 0 aliphatic carbocycles. The van der Waals surface area contributed by atoms with Crippen molar-refractivity contribution >= 4 is 0 Å². The highest BCUT2D eigenvalue weighted by Gasteiger charge is 2.17. The molecular weight excluding hydrogens is 334 g/mol. The van der Waals surface area contributed by atoms with Crippen molar-refractivity contribution in [3.8, 4) is 0 Å². The number of hydrogen-bond donors (Lipinski definition) is 1. The smallest absolute Gasteiger partial charge is 0.0768 e. The highest BCUT2D eigenvalue weighted by Crippen LogP contribution is 2.13. The first-order valence-corrected chi connectivity index (χ1v) is 10.6. The molecule has 1 saturated heterocycles.